The van der Waals surface area contributed by atoms with Gasteiger partial charge in [0.1, 0.15) is 0 Å². The lowest BCUT2D eigenvalue weighted by Crippen LogP contribution is -2.35. The van der Waals surface area contributed by atoms with Gasteiger partial charge in [0.25, 0.3) is 5.56 Å². The number of aliphatic hydroxyl groups excluding tert-OH is 1. The van der Waals surface area contributed by atoms with Crippen molar-refractivity contribution in [2.24, 2.45) is 5.41 Å². The molecule has 1 amide bonds. The van der Waals surface area contributed by atoms with Crippen molar-refractivity contribution < 1.29 is 9.90 Å². The summed E-state index contributed by atoms with van der Waals surface area (Å²) in [5.41, 5.74) is 0.0766. The molecule has 1 fully saturated rings. The van der Waals surface area contributed by atoms with Crippen LogP contribution >= 0.6 is 0 Å². The molecule has 3 N–H and O–H groups in total. The van der Waals surface area contributed by atoms with Gasteiger partial charge in [0.05, 0.1) is 17.0 Å². The minimum absolute atomic E-state index is 0.105. The number of para-hydroxylation sites is 1. The molecule has 0 spiro atoms. The normalized spacial score (nSPS) is 15.8. The molecule has 0 bridgehead atoms. The van der Waals surface area contributed by atoms with E-state index >= 15 is 0 Å². The predicted octanol–water partition coefficient (Wildman–Crippen LogP) is 1.71. The predicted molar refractivity (Wildman–Crippen MR) is 110 cm³/mol. The molecule has 1 atom stereocenters. The lowest BCUT2D eigenvalue weighted by molar-refractivity contribution is -0.121. The summed E-state index contributed by atoms with van der Waals surface area (Å²) in [6.45, 7) is 0.555. The van der Waals surface area contributed by atoms with E-state index < -0.39 is 17.4 Å². The molecule has 150 valence electrons. The molecular weight excluding hydrogens is 370 g/mol. The van der Waals surface area contributed by atoms with Crippen LogP contribution in [0, 0.1) is 5.41 Å². The molecule has 3 aromatic rings. The van der Waals surface area contributed by atoms with Crippen LogP contribution in [0.15, 0.2) is 64.2 Å². The third-order valence-electron chi connectivity index (χ3n) is 5.69. The number of carbonyl (C=O) groups excluding carboxylic acids is 1. The topological polar surface area (TPSA) is 104 Å². The first-order chi connectivity index (χ1) is 14.0. The Bertz CT molecular complexity index is 1150. The van der Waals surface area contributed by atoms with E-state index in [1.807, 2.05) is 30.3 Å². The summed E-state index contributed by atoms with van der Waals surface area (Å²) in [4.78, 5) is 38.8. The number of hydrogen-bond donors (Lipinski definition) is 3. The SMILES string of the molecule is O=C(CCn1c(=O)[nH]c(=O)c2ccccc21)NCC1([C@H](O)c2ccccc2)CC1. The minimum Gasteiger partial charge on any atom is -0.388 e. The van der Waals surface area contributed by atoms with Crippen LogP contribution in [0.2, 0.25) is 0 Å². The highest BCUT2D eigenvalue weighted by Gasteiger charge is 2.49. The summed E-state index contributed by atoms with van der Waals surface area (Å²) in [6.07, 6.45) is 1.20. The Morgan fingerprint density at radius 1 is 1.10 bits per heavy atom. The maximum atomic E-state index is 12.4. The van der Waals surface area contributed by atoms with Crippen molar-refractivity contribution in [2.45, 2.75) is 31.9 Å². The van der Waals surface area contributed by atoms with Gasteiger partial charge in [0.15, 0.2) is 0 Å². The van der Waals surface area contributed by atoms with Crippen molar-refractivity contribution in [3.05, 3.63) is 81.0 Å². The van der Waals surface area contributed by atoms with Crippen molar-refractivity contribution in [3.63, 3.8) is 0 Å². The molecule has 1 aliphatic carbocycles. The molecule has 29 heavy (non-hydrogen) atoms. The second kappa shape index (κ2) is 7.67. The molecule has 0 unspecified atom stereocenters. The zero-order valence-corrected chi connectivity index (χ0v) is 15.9. The van der Waals surface area contributed by atoms with Crippen LogP contribution in [0.5, 0.6) is 0 Å². The van der Waals surface area contributed by atoms with Gasteiger partial charge in [-0.2, -0.15) is 0 Å². The van der Waals surface area contributed by atoms with E-state index in [9.17, 15) is 19.5 Å². The van der Waals surface area contributed by atoms with Crippen molar-refractivity contribution in [1.29, 1.82) is 0 Å². The fourth-order valence-electron chi connectivity index (χ4n) is 3.74. The highest BCUT2D eigenvalue weighted by molar-refractivity contribution is 5.78. The number of aliphatic hydroxyl groups is 1. The van der Waals surface area contributed by atoms with E-state index in [1.54, 1.807) is 24.3 Å². The van der Waals surface area contributed by atoms with E-state index in [2.05, 4.69) is 10.3 Å². The number of nitrogens with one attached hydrogen (secondary N) is 2. The van der Waals surface area contributed by atoms with Crippen LogP contribution in [-0.2, 0) is 11.3 Å². The van der Waals surface area contributed by atoms with Gasteiger partial charge in [-0.15, -0.1) is 0 Å². The Labute approximate surface area is 167 Å². The number of H-pyrrole nitrogens is 1. The third-order valence-corrected chi connectivity index (χ3v) is 5.69. The Morgan fingerprint density at radius 2 is 1.79 bits per heavy atom. The van der Waals surface area contributed by atoms with E-state index in [4.69, 9.17) is 0 Å². The highest BCUT2D eigenvalue weighted by atomic mass is 16.3. The first-order valence-corrected chi connectivity index (χ1v) is 9.72. The van der Waals surface area contributed by atoms with Gasteiger partial charge in [0, 0.05) is 24.9 Å². The Kier molecular flexibility index (Phi) is 5.07. The smallest absolute Gasteiger partial charge is 0.328 e. The number of amides is 1. The average Bonchev–Trinajstić information content (AvgIpc) is 3.53. The molecule has 0 aliphatic heterocycles. The van der Waals surface area contributed by atoms with Crippen molar-refractivity contribution in [1.82, 2.24) is 14.9 Å². The number of aromatic nitrogens is 2. The average molecular weight is 393 g/mol. The molecule has 1 aliphatic rings. The number of aromatic amines is 1. The molecule has 1 aromatic heterocycles. The molecule has 1 saturated carbocycles. The van der Waals surface area contributed by atoms with Gasteiger partial charge in [-0.1, -0.05) is 42.5 Å². The molecule has 7 heteroatoms. The molecular formula is C22H23N3O4. The summed E-state index contributed by atoms with van der Waals surface area (Å²) in [6, 6.07) is 16.3. The van der Waals surface area contributed by atoms with Gasteiger partial charge in [-0.3, -0.25) is 19.1 Å². The Hall–Kier alpha value is -3.19. The maximum Gasteiger partial charge on any atom is 0.328 e. The number of rotatable bonds is 7. The van der Waals surface area contributed by atoms with Crippen molar-refractivity contribution >= 4 is 16.8 Å². The van der Waals surface area contributed by atoms with Gasteiger partial charge >= 0.3 is 5.69 Å². The van der Waals surface area contributed by atoms with Crippen LogP contribution in [-0.4, -0.2) is 27.1 Å². The number of benzene rings is 2. The second-order valence-corrected chi connectivity index (χ2v) is 7.63. The van der Waals surface area contributed by atoms with E-state index in [-0.39, 0.29) is 24.3 Å². The molecule has 7 nitrogen and oxygen atoms in total. The quantitative estimate of drug-likeness (QED) is 0.568. The molecule has 0 saturated heterocycles. The van der Waals surface area contributed by atoms with Crippen LogP contribution in [0.4, 0.5) is 0 Å². The van der Waals surface area contributed by atoms with E-state index in [0.717, 1.165) is 18.4 Å². The monoisotopic (exact) mass is 393 g/mol. The van der Waals surface area contributed by atoms with Crippen LogP contribution < -0.4 is 16.6 Å². The fraction of sp³-hybridized carbons (Fsp3) is 0.318. The Balaban J connectivity index is 1.40. The van der Waals surface area contributed by atoms with Gasteiger partial charge in [-0.25, -0.2) is 4.79 Å². The summed E-state index contributed by atoms with van der Waals surface area (Å²) in [5.74, 6) is -0.196. The summed E-state index contributed by atoms with van der Waals surface area (Å²) in [5, 5.41) is 14.0. The number of hydrogen-bond acceptors (Lipinski definition) is 4. The van der Waals surface area contributed by atoms with Crippen molar-refractivity contribution in [2.75, 3.05) is 6.54 Å². The molecule has 4 rings (SSSR count). The largest absolute Gasteiger partial charge is 0.388 e. The van der Waals surface area contributed by atoms with Crippen LogP contribution in [0.3, 0.4) is 0 Å². The van der Waals surface area contributed by atoms with E-state index in [0.29, 0.717) is 17.4 Å². The number of nitrogens with zero attached hydrogens (tertiary/aromatic N) is 1. The molecule has 2 aromatic carbocycles. The van der Waals surface area contributed by atoms with Gasteiger partial charge < -0.3 is 10.4 Å². The first kappa shape index (κ1) is 19.1. The van der Waals surface area contributed by atoms with Gasteiger partial charge in [-0.05, 0) is 30.5 Å². The Morgan fingerprint density at radius 3 is 2.52 bits per heavy atom. The lowest BCUT2D eigenvalue weighted by Gasteiger charge is -2.23. The lowest BCUT2D eigenvalue weighted by atomic mass is 9.92. The third kappa shape index (κ3) is 3.86. The number of aryl methyl sites for hydroxylation is 1. The minimum atomic E-state index is -0.616. The zero-order chi connectivity index (χ0) is 20.4. The number of fused-ring (bicyclic) bond motifs is 1. The van der Waals surface area contributed by atoms with Gasteiger partial charge in [0.2, 0.25) is 5.91 Å². The number of carbonyl (C=O) groups is 1. The summed E-state index contributed by atoms with van der Waals surface area (Å²) >= 11 is 0. The fourth-order valence-corrected chi connectivity index (χ4v) is 3.74. The van der Waals surface area contributed by atoms with Crippen LogP contribution in [0.1, 0.15) is 30.9 Å². The summed E-state index contributed by atoms with van der Waals surface area (Å²) in [7, 11) is 0. The summed E-state index contributed by atoms with van der Waals surface area (Å²) < 4.78 is 1.40. The molecule has 1 heterocycles. The zero-order valence-electron chi connectivity index (χ0n) is 15.9. The van der Waals surface area contributed by atoms with Crippen LogP contribution in [0.25, 0.3) is 10.9 Å². The second-order valence-electron chi connectivity index (χ2n) is 7.63. The standard InChI is InChI=1S/C22H23N3O4/c26-18(23-14-22(11-12-22)19(27)15-6-2-1-3-7-15)10-13-25-17-9-5-4-8-16(17)20(28)24-21(25)29/h1-9,19,27H,10-14H2,(H,23,26)(H,24,28,29)/t19-/m1/s1. The highest BCUT2D eigenvalue weighted by Crippen LogP contribution is 2.54. The van der Waals surface area contributed by atoms with Crippen molar-refractivity contribution in [3.8, 4) is 0 Å². The maximum absolute atomic E-state index is 12.4. The van der Waals surface area contributed by atoms with E-state index in [1.165, 1.54) is 4.57 Å². The first-order valence-electron chi connectivity index (χ1n) is 9.72. The molecule has 0 radical (unpaired) electrons.